The Hall–Kier alpha value is -6.09. The van der Waals surface area contributed by atoms with Crippen LogP contribution in [0, 0.1) is 17.8 Å². The molecule has 0 spiro atoms. The van der Waals surface area contributed by atoms with E-state index in [1.54, 1.807) is 20.8 Å². The van der Waals surface area contributed by atoms with Gasteiger partial charge in [0.15, 0.2) is 0 Å². The number of amides is 8. The molecule has 0 heterocycles. The van der Waals surface area contributed by atoms with Crippen LogP contribution < -0.4 is 43.0 Å². The molecule has 0 aromatic rings. The van der Waals surface area contributed by atoms with Gasteiger partial charge in [0.2, 0.25) is 35.3 Å². The van der Waals surface area contributed by atoms with E-state index in [1.165, 1.54) is 6.08 Å². The zero-order valence-corrected chi connectivity index (χ0v) is 38.3. The quantitative estimate of drug-likeness (QED) is 0.0279. The Labute approximate surface area is 384 Å². The van der Waals surface area contributed by atoms with Crippen molar-refractivity contribution in [1.29, 1.82) is 0 Å². The van der Waals surface area contributed by atoms with Crippen molar-refractivity contribution in [2.45, 2.75) is 166 Å². The van der Waals surface area contributed by atoms with Crippen LogP contribution in [0.2, 0.25) is 0 Å². The maximum absolute atomic E-state index is 14.5. The van der Waals surface area contributed by atoms with Gasteiger partial charge in [-0.25, -0.2) is 4.79 Å². The number of carboxylic acids is 2. The topological polar surface area (TPSA) is 348 Å². The minimum Gasteiger partial charge on any atom is -0.481 e. The smallest absolute Gasteiger partial charge is 0.325 e. The number of rotatable bonds is 29. The summed E-state index contributed by atoms with van der Waals surface area (Å²) in [5, 5.41) is 36.0. The Morgan fingerprint density at radius 1 is 0.652 bits per heavy atom. The molecule has 370 valence electrons. The lowest BCUT2D eigenvalue weighted by Gasteiger charge is -2.34. The van der Waals surface area contributed by atoms with Gasteiger partial charge < -0.3 is 57.9 Å². The molecule has 2 aliphatic rings. The highest BCUT2D eigenvalue weighted by Gasteiger charge is 2.39. The second-order valence-electron chi connectivity index (χ2n) is 17.3. The summed E-state index contributed by atoms with van der Waals surface area (Å²) in [5.74, 6) is -10.7. The summed E-state index contributed by atoms with van der Waals surface area (Å²) in [6.07, 6.45) is 7.88. The fourth-order valence-corrected chi connectivity index (χ4v) is 8.09. The van der Waals surface area contributed by atoms with Crippen LogP contribution in [0.25, 0.3) is 0 Å². The van der Waals surface area contributed by atoms with Crippen LogP contribution in [0.3, 0.4) is 0 Å². The van der Waals surface area contributed by atoms with Gasteiger partial charge in [-0.1, -0.05) is 91.2 Å². The van der Waals surface area contributed by atoms with E-state index >= 15 is 0 Å². The number of carbonyl (C=O) groups excluding carboxylic acids is 9. The number of esters is 1. The lowest BCUT2D eigenvalue weighted by molar-refractivity contribution is -0.145. The minimum atomic E-state index is -1.57. The van der Waals surface area contributed by atoms with Gasteiger partial charge in [-0.3, -0.25) is 47.9 Å². The van der Waals surface area contributed by atoms with Crippen LogP contribution in [0.5, 0.6) is 0 Å². The zero-order valence-electron chi connectivity index (χ0n) is 38.3. The molecule has 2 rings (SSSR count). The van der Waals surface area contributed by atoms with Gasteiger partial charge in [0.05, 0.1) is 6.04 Å². The third-order valence-electron chi connectivity index (χ3n) is 11.6. The third-order valence-corrected chi connectivity index (χ3v) is 11.6. The summed E-state index contributed by atoms with van der Waals surface area (Å²) >= 11 is 0. The predicted octanol–water partition coefficient (Wildman–Crippen LogP) is 0.598. The van der Waals surface area contributed by atoms with Crippen LogP contribution in [-0.2, 0) is 52.7 Å². The number of carboxylic acid groups (broad SMARTS) is 2. The number of aliphatic carboxylic acids is 2. The van der Waals surface area contributed by atoms with Crippen molar-refractivity contribution in [2.24, 2.45) is 23.5 Å². The molecule has 22 heteroatoms. The molecule has 6 atom stereocenters. The van der Waals surface area contributed by atoms with Gasteiger partial charge in [0, 0.05) is 12.8 Å². The first-order valence-corrected chi connectivity index (χ1v) is 22.9. The Balaban J connectivity index is 2.39. The van der Waals surface area contributed by atoms with Crippen LogP contribution >= 0.6 is 0 Å². The molecule has 11 N–H and O–H groups in total. The van der Waals surface area contributed by atoms with Crippen molar-refractivity contribution in [3.8, 4) is 0 Å². The molecule has 0 saturated heterocycles. The number of urea groups is 1. The Bertz CT molecular complexity index is 1730. The van der Waals surface area contributed by atoms with E-state index in [4.69, 9.17) is 15.6 Å². The van der Waals surface area contributed by atoms with E-state index in [0.29, 0.717) is 19.3 Å². The van der Waals surface area contributed by atoms with Crippen molar-refractivity contribution in [2.75, 3.05) is 13.2 Å². The minimum absolute atomic E-state index is 0.0387. The Morgan fingerprint density at radius 3 is 1.70 bits per heavy atom. The highest BCUT2D eigenvalue weighted by atomic mass is 16.5. The summed E-state index contributed by atoms with van der Waals surface area (Å²) in [5.41, 5.74) is 5.17. The molecule has 0 bridgehead atoms. The third kappa shape index (κ3) is 20.4. The molecular weight excluding hydrogens is 865 g/mol. The summed E-state index contributed by atoms with van der Waals surface area (Å²) in [6.45, 7) is 7.72. The van der Waals surface area contributed by atoms with E-state index in [9.17, 15) is 57.8 Å². The van der Waals surface area contributed by atoms with Crippen molar-refractivity contribution in [3.63, 3.8) is 0 Å². The fourth-order valence-electron chi connectivity index (χ4n) is 8.09. The molecule has 66 heavy (non-hydrogen) atoms. The standard InChI is InChI=1S/C44H70N8O14/c1-5-13-28(37(58)43(64)46-24-34(57)66-22-6-2)47-40(61)31(23-26-14-9-7-10-15-26)49-42(63)36(27-16-11-8-12-17-27)52-41(62)35(25(3)4)51-39(60)29(18-20-32(53)54)48-38(59)30(50-44(45)65)19-21-33(55)56/h6,25-31,35-36H,2,5,7-24H2,1,3-4H3,(H,46,64)(H,47,61)(H,48,59)(H,49,63)(H,51,60)(H,52,62)(H,53,54)(H,55,56)(H3,45,50,65). The first-order chi connectivity index (χ1) is 31.3. The number of Topliss-reactive ketones (excluding diaryl/α,β-unsaturated/α-hetero) is 1. The molecule has 0 aliphatic heterocycles. The first-order valence-electron chi connectivity index (χ1n) is 22.9. The molecule has 22 nitrogen and oxygen atoms in total. The van der Waals surface area contributed by atoms with E-state index in [2.05, 4.69) is 43.8 Å². The first kappa shape index (κ1) is 56.0. The van der Waals surface area contributed by atoms with Gasteiger partial charge in [0.1, 0.15) is 43.4 Å². The van der Waals surface area contributed by atoms with Crippen molar-refractivity contribution >= 4 is 65.2 Å². The monoisotopic (exact) mass is 935 g/mol. The number of nitrogens with two attached hydrogens (primary N) is 1. The molecule has 0 aromatic heterocycles. The molecule has 2 saturated carbocycles. The normalized spacial score (nSPS) is 16.9. The Kier molecular flexibility index (Phi) is 25.0. The molecule has 2 fully saturated rings. The zero-order chi connectivity index (χ0) is 49.3. The van der Waals surface area contributed by atoms with Gasteiger partial charge >= 0.3 is 23.9 Å². The average molecular weight is 935 g/mol. The van der Waals surface area contributed by atoms with E-state index in [0.717, 1.165) is 51.4 Å². The van der Waals surface area contributed by atoms with Gasteiger partial charge in [-0.15, -0.1) is 0 Å². The van der Waals surface area contributed by atoms with Crippen LogP contribution in [0.15, 0.2) is 12.7 Å². The molecule has 8 amide bonds. The highest BCUT2D eigenvalue weighted by Crippen LogP contribution is 2.29. The summed E-state index contributed by atoms with van der Waals surface area (Å²) < 4.78 is 4.83. The van der Waals surface area contributed by atoms with E-state index in [1.807, 2.05) is 0 Å². The lowest BCUT2D eigenvalue weighted by atomic mass is 9.82. The molecule has 0 aromatic carbocycles. The highest BCUT2D eigenvalue weighted by molar-refractivity contribution is 6.38. The molecule has 6 unspecified atom stereocenters. The van der Waals surface area contributed by atoms with Crippen molar-refractivity contribution in [3.05, 3.63) is 12.7 Å². The second kappa shape index (κ2) is 29.4. The number of hydrogen-bond donors (Lipinski definition) is 10. The van der Waals surface area contributed by atoms with Gasteiger partial charge in [-0.2, -0.15) is 0 Å². The van der Waals surface area contributed by atoms with E-state index in [-0.39, 0.29) is 31.3 Å². The fraction of sp³-hybridized carbons (Fsp3) is 0.705. The lowest BCUT2D eigenvalue weighted by Crippen LogP contribution is -2.62. The number of hydrogen-bond acceptors (Lipinski definition) is 12. The predicted molar refractivity (Wildman–Crippen MR) is 237 cm³/mol. The summed E-state index contributed by atoms with van der Waals surface area (Å²) in [6, 6.07) is -9.24. The summed E-state index contributed by atoms with van der Waals surface area (Å²) in [7, 11) is 0. The molecule has 2 aliphatic carbocycles. The number of nitrogens with one attached hydrogen (secondary N) is 7. The van der Waals surface area contributed by atoms with Crippen LogP contribution in [0.4, 0.5) is 4.79 Å². The summed E-state index contributed by atoms with van der Waals surface area (Å²) in [4.78, 5) is 142. The van der Waals surface area contributed by atoms with Crippen LogP contribution in [0.1, 0.15) is 130 Å². The number of ketones is 1. The van der Waals surface area contributed by atoms with Crippen molar-refractivity contribution < 1.29 is 67.7 Å². The average Bonchev–Trinajstić information content (AvgIpc) is 3.27. The van der Waals surface area contributed by atoms with Gasteiger partial charge in [-0.05, 0) is 56.3 Å². The van der Waals surface area contributed by atoms with E-state index < -0.39 is 140 Å². The molecular formula is C44H70N8O14. The molecule has 0 radical (unpaired) electrons. The Morgan fingerprint density at radius 2 is 1.17 bits per heavy atom. The van der Waals surface area contributed by atoms with Gasteiger partial charge in [0.25, 0.3) is 5.91 Å². The number of primary amides is 1. The largest absolute Gasteiger partial charge is 0.481 e. The number of ether oxygens (including phenoxy) is 1. The van der Waals surface area contributed by atoms with Crippen molar-refractivity contribution in [1.82, 2.24) is 37.2 Å². The second-order valence-corrected chi connectivity index (χ2v) is 17.3. The maximum atomic E-state index is 14.5. The number of carbonyl (C=O) groups is 11. The van der Waals surface area contributed by atoms with Crippen LogP contribution in [-0.4, -0.2) is 125 Å². The maximum Gasteiger partial charge on any atom is 0.325 e. The SMILES string of the molecule is C=CCOC(=O)CNC(=O)C(=O)C(CCC)NC(=O)C(CC1CCCCC1)NC(=O)C(NC(=O)C(NC(=O)C(CCC(=O)O)NC(=O)C(CCC(=O)O)NC(N)=O)C(C)C)C1CCCCC1.